The molecular formula is C19H32N4O2. The molecule has 0 bridgehead atoms. The highest BCUT2D eigenvalue weighted by Crippen LogP contribution is 2.51. The highest BCUT2D eigenvalue weighted by molar-refractivity contribution is 5.82. The van der Waals surface area contributed by atoms with E-state index >= 15 is 0 Å². The fraction of sp³-hybridized carbons (Fsp3) is 0.895. The summed E-state index contributed by atoms with van der Waals surface area (Å²) >= 11 is 0. The van der Waals surface area contributed by atoms with Crippen LogP contribution >= 0.6 is 0 Å². The van der Waals surface area contributed by atoms with Crippen LogP contribution in [0.1, 0.15) is 46.0 Å². The SMILES string of the molecule is CN=C(NC1C2CCCOC2C1(C)C)N1CCCC2(CNC(=O)C2)C1. The minimum Gasteiger partial charge on any atom is -0.377 e. The number of carbonyl (C=O) groups is 1. The van der Waals surface area contributed by atoms with E-state index < -0.39 is 0 Å². The van der Waals surface area contributed by atoms with Gasteiger partial charge in [-0.05, 0) is 25.7 Å². The number of fused-ring (bicyclic) bond motifs is 1. The maximum atomic E-state index is 11.7. The molecule has 6 heteroatoms. The Kier molecular flexibility index (Phi) is 4.21. The molecule has 0 aromatic carbocycles. The van der Waals surface area contributed by atoms with Gasteiger partial charge in [-0.25, -0.2) is 0 Å². The lowest BCUT2D eigenvalue weighted by Gasteiger charge is -2.60. The van der Waals surface area contributed by atoms with Crippen LogP contribution in [0.2, 0.25) is 0 Å². The molecule has 1 aliphatic carbocycles. The van der Waals surface area contributed by atoms with E-state index in [2.05, 4.69) is 34.4 Å². The minimum atomic E-state index is 0.0958. The van der Waals surface area contributed by atoms with E-state index in [-0.39, 0.29) is 16.7 Å². The Balaban J connectivity index is 1.45. The number of hydrogen-bond acceptors (Lipinski definition) is 3. The zero-order valence-corrected chi connectivity index (χ0v) is 15.8. The first kappa shape index (κ1) is 17.1. The predicted octanol–water partition coefficient (Wildman–Crippen LogP) is 1.37. The number of hydrogen-bond donors (Lipinski definition) is 2. The largest absolute Gasteiger partial charge is 0.377 e. The van der Waals surface area contributed by atoms with Crippen molar-refractivity contribution in [2.75, 3.05) is 33.3 Å². The molecule has 0 aromatic heterocycles. The van der Waals surface area contributed by atoms with Gasteiger partial charge in [0, 0.05) is 62.5 Å². The third-order valence-electron chi connectivity index (χ3n) is 6.98. The molecule has 4 aliphatic rings. The standard InChI is InChI=1S/C19H32N4O2/c1-18(2)15(13-6-4-9-25-16(13)18)22-17(20-3)23-8-5-7-19(12-23)10-14(24)21-11-19/h13,15-16H,4-12H2,1-3H3,(H,20,22)(H,21,24). The van der Waals surface area contributed by atoms with E-state index in [1.807, 2.05) is 7.05 Å². The molecule has 6 nitrogen and oxygen atoms in total. The van der Waals surface area contributed by atoms with Crippen LogP contribution in [-0.2, 0) is 9.53 Å². The number of piperidine rings is 1. The summed E-state index contributed by atoms with van der Waals surface area (Å²) in [6.07, 6.45) is 5.69. The van der Waals surface area contributed by atoms with Gasteiger partial charge < -0.3 is 20.3 Å². The molecule has 4 fully saturated rings. The summed E-state index contributed by atoms with van der Waals surface area (Å²) in [4.78, 5) is 18.7. The van der Waals surface area contributed by atoms with Crippen molar-refractivity contribution in [3.05, 3.63) is 0 Å². The van der Waals surface area contributed by atoms with Crippen molar-refractivity contribution >= 4 is 11.9 Å². The number of nitrogens with one attached hydrogen (secondary N) is 2. The summed E-state index contributed by atoms with van der Waals surface area (Å²) in [6.45, 7) is 8.27. The third kappa shape index (κ3) is 2.82. The molecule has 0 aromatic rings. The molecule has 25 heavy (non-hydrogen) atoms. The quantitative estimate of drug-likeness (QED) is 0.555. The molecule has 3 saturated heterocycles. The van der Waals surface area contributed by atoms with Gasteiger partial charge in [0.1, 0.15) is 0 Å². The van der Waals surface area contributed by atoms with Crippen molar-refractivity contribution in [2.45, 2.75) is 58.1 Å². The molecule has 1 saturated carbocycles. The Bertz CT molecular complexity index is 576. The van der Waals surface area contributed by atoms with Crippen LogP contribution in [-0.4, -0.2) is 62.2 Å². The van der Waals surface area contributed by atoms with E-state index in [0.717, 1.165) is 51.5 Å². The molecule has 1 spiro atoms. The van der Waals surface area contributed by atoms with Gasteiger partial charge in [0.25, 0.3) is 0 Å². The Labute approximate surface area is 150 Å². The summed E-state index contributed by atoms with van der Waals surface area (Å²) in [5, 5.41) is 6.80. The Morgan fingerprint density at radius 1 is 1.40 bits per heavy atom. The normalized spacial score (nSPS) is 40.4. The lowest BCUT2D eigenvalue weighted by molar-refractivity contribution is -0.188. The topological polar surface area (TPSA) is 66.0 Å². The van der Waals surface area contributed by atoms with Crippen molar-refractivity contribution in [1.29, 1.82) is 0 Å². The summed E-state index contributed by atoms with van der Waals surface area (Å²) in [7, 11) is 1.88. The maximum Gasteiger partial charge on any atom is 0.220 e. The average molecular weight is 348 g/mol. The second-order valence-electron chi connectivity index (χ2n) is 9.07. The zero-order valence-electron chi connectivity index (χ0n) is 15.8. The molecule has 4 unspecified atom stereocenters. The fourth-order valence-corrected chi connectivity index (χ4v) is 5.68. The van der Waals surface area contributed by atoms with E-state index in [0.29, 0.717) is 24.5 Å². The van der Waals surface area contributed by atoms with E-state index in [4.69, 9.17) is 4.74 Å². The van der Waals surface area contributed by atoms with Crippen molar-refractivity contribution in [2.24, 2.45) is 21.7 Å². The number of guanidine groups is 1. The van der Waals surface area contributed by atoms with Gasteiger partial charge in [0.2, 0.25) is 5.91 Å². The fourth-order valence-electron chi connectivity index (χ4n) is 5.68. The number of aliphatic imine (C=N–C) groups is 1. The Hall–Kier alpha value is -1.30. The summed E-state index contributed by atoms with van der Waals surface area (Å²) < 4.78 is 6.03. The van der Waals surface area contributed by atoms with E-state index in [1.165, 1.54) is 6.42 Å². The first-order chi connectivity index (χ1) is 12.0. The van der Waals surface area contributed by atoms with Gasteiger partial charge in [-0.15, -0.1) is 0 Å². The van der Waals surface area contributed by atoms with Crippen molar-refractivity contribution in [3.63, 3.8) is 0 Å². The smallest absolute Gasteiger partial charge is 0.220 e. The van der Waals surface area contributed by atoms with Crippen molar-refractivity contribution < 1.29 is 9.53 Å². The van der Waals surface area contributed by atoms with Gasteiger partial charge in [-0.1, -0.05) is 13.8 Å². The number of nitrogens with zero attached hydrogens (tertiary/aromatic N) is 2. The highest BCUT2D eigenvalue weighted by Gasteiger charge is 2.58. The predicted molar refractivity (Wildman–Crippen MR) is 97.4 cm³/mol. The second-order valence-corrected chi connectivity index (χ2v) is 9.07. The molecule has 4 rings (SSSR count). The third-order valence-corrected chi connectivity index (χ3v) is 6.98. The lowest BCUT2D eigenvalue weighted by atomic mass is 9.55. The Morgan fingerprint density at radius 2 is 2.24 bits per heavy atom. The van der Waals surface area contributed by atoms with E-state index in [1.54, 1.807) is 0 Å². The van der Waals surface area contributed by atoms with Gasteiger partial charge in [-0.3, -0.25) is 9.79 Å². The summed E-state index contributed by atoms with van der Waals surface area (Å²) in [5.41, 5.74) is 0.234. The second kappa shape index (κ2) is 6.15. The first-order valence-corrected chi connectivity index (χ1v) is 9.82. The average Bonchev–Trinajstić information content (AvgIpc) is 2.95. The van der Waals surface area contributed by atoms with Crippen LogP contribution in [0.25, 0.3) is 0 Å². The Morgan fingerprint density at radius 3 is 2.96 bits per heavy atom. The first-order valence-electron chi connectivity index (χ1n) is 9.82. The van der Waals surface area contributed by atoms with Crippen LogP contribution in [0.5, 0.6) is 0 Å². The number of amides is 1. The monoisotopic (exact) mass is 348 g/mol. The van der Waals surface area contributed by atoms with Crippen LogP contribution in [0.15, 0.2) is 4.99 Å². The number of ether oxygens (including phenoxy) is 1. The molecule has 4 atom stereocenters. The van der Waals surface area contributed by atoms with Crippen LogP contribution in [0, 0.1) is 16.7 Å². The summed E-state index contributed by atoms with van der Waals surface area (Å²) in [5.74, 6) is 1.79. The number of likely N-dealkylation sites (tertiary alicyclic amines) is 1. The minimum absolute atomic E-state index is 0.0958. The molecule has 2 N–H and O–H groups in total. The van der Waals surface area contributed by atoms with Gasteiger partial charge in [-0.2, -0.15) is 0 Å². The van der Waals surface area contributed by atoms with Crippen LogP contribution in [0.4, 0.5) is 0 Å². The molecule has 3 heterocycles. The maximum absolute atomic E-state index is 11.7. The van der Waals surface area contributed by atoms with Gasteiger partial charge >= 0.3 is 0 Å². The van der Waals surface area contributed by atoms with Crippen molar-refractivity contribution in [1.82, 2.24) is 15.5 Å². The van der Waals surface area contributed by atoms with Gasteiger partial charge in [0.05, 0.1) is 6.10 Å². The van der Waals surface area contributed by atoms with Gasteiger partial charge in [0.15, 0.2) is 5.96 Å². The van der Waals surface area contributed by atoms with Crippen molar-refractivity contribution in [3.8, 4) is 0 Å². The molecular weight excluding hydrogens is 316 g/mol. The number of rotatable bonds is 1. The highest BCUT2D eigenvalue weighted by atomic mass is 16.5. The molecule has 140 valence electrons. The lowest BCUT2D eigenvalue weighted by Crippen LogP contribution is -2.71. The zero-order chi connectivity index (χ0) is 17.7. The van der Waals surface area contributed by atoms with Crippen LogP contribution in [0.3, 0.4) is 0 Å². The molecule has 1 amide bonds. The molecule has 3 aliphatic heterocycles. The van der Waals surface area contributed by atoms with E-state index in [9.17, 15) is 4.79 Å². The number of carbonyl (C=O) groups excluding carboxylic acids is 1. The molecule has 0 radical (unpaired) electrons. The van der Waals surface area contributed by atoms with Crippen LogP contribution < -0.4 is 10.6 Å². The summed E-state index contributed by atoms with van der Waals surface area (Å²) in [6, 6.07) is 0.415.